The molecule has 1 aromatic rings. The van der Waals surface area contributed by atoms with Crippen LogP contribution in [0.5, 0.6) is 0 Å². The van der Waals surface area contributed by atoms with E-state index < -0.39 is 0 Å². The lowest BCUT2D eigenvalue weighted by Gasteiger charge is -2.13. The van der Waals surface area contributed by atoms with Gasteiger partial charge in [-0.2, -0.15) is 4.89 Å². The van der Waals surface area contributed by atoms with Gasteiger partial charge in [-0.1, -0.05) is 115 Å². The number of hydrogen-bond donors (Lipinski definition) is 0. The summed E-state index contributed by atoms with van der Waals surface area (Å²) < 4.78 is 0. The van der Waals surface area contributed by atoms with Crippen LogP contribution < -0.4 is 0 Å². The molecular weight excluding hydrogens is 348 g/mol. The maximum absolute atomic E-state index is 12.1. The third-order valence-electron chi connectivity index (χ3n) is 5.37. The van der Waals surface area contributed by atoms with Crippen LogP contribution in [0.15, 0.2) is 30.3 Å². The molecule has 3 heteroatoms. The Balaban J connectivity index is 1.92. The van der Waals surface area contributed by atoms with Crippen molar-refractivity contribution in [1.29, 1.82) is 0 Å². The fraction of sp³-hybridized carbons (Fsp3) is 0.720. The molecule has 0 heterocycles. The van der Waals surface area contributed by atoms with E-state index in [9.17, 15) is 4.79 Å². The van der Waals surface area contributed by atoms with E-state index >= 15 is 0 Å². The first-order chi connectivity index (χ1) is 13.8. The van der Waals surface area contributed by atoms with Crippen molar-refractivity contribution in [2.75, 3.05) is 6.61 Å². The Bertz CT molecular complexity index is 472. The summed E-state index contributed by atoms with van der Waals surface area (Å²) in [6.45, 7) is 4.79. The topological polar surface area (TPSA) is 35.5 Å². The van der Waals surface area contributed by atoms with Gasteiger partial charge in [0.1, 0.15) is 0 Å². The summed E-state index contributed by atoms with van der Waals surface area (Å²) in [4.78, 5) is 22.3. The lowest BCUT2D eigenvalue weighted by Crippen LogP contribution is -2.20. The minimum Gasteiger partial charge on any atom is -0.298 e. The van der Waals surface area contributed by atoms with Gasteiger partial charge < -0.3 is 0 Å². The Morgan fingerprint density at radius 1 is 0.786 bits per heavy atom. The van der Waals surface area contributed by atoms with Crippen LogP contribution >= 0.6 is 0 Å². The first kappa shape index (κ1) is 24.7. The molecule has 0 N–H and O–H groups in total. The summed E-state index contributed by atoms with van der Waals surface area (Å²) in [7, 11) is 0. The van der Waals surface area contributed by atoms with Crippen molar-refractivity contribution in [3.05, 3.63) is 35.9 Å². The fourth-order valence-electron chi connectivity index (χ4n) is 3.46. The monoisotopic (exact) mass is 390 g/mol. The van der Waals surface area contributed by atoms with E-state index in [2.05, 4.69) is 6.92 Å². The summed E-state index contributed by atoms with van der Waals surface area (Å²) in [5, 5.41) is 0. The predicted molar refractivity (Wildman–Crippen MR) is 117 cm³/mol. The Morgan fingerprint density at radius 3 is 1.86 bits per heavy atom. The zero-order valence-electron chi connectivity index (χ0n) is 18.3. The standard InChI is InChI=1S/C25H42O3/c1-3-5-6-7-8-9-10-11-12-13-14-18-21-27-28-25(26)24(4-2)22-23-19-16-15-17-20-23/h15-17,19-20,24H,3-14,18,21-22H2,1-2H3. The number of carbonyl (C=O) groups is 1. The molecule has 160 valence electrons. The number of benzene rings is 1. The van der Waals surface area contributed by atoms with Crippen molar-refractivity contribution >= 4 is 5.97 Å². The maximum atomic E-state index is 12.1. The zero-order chi connectivity index (χ0) is 20.3. The highest BCUT2D eigenvalue weighted by molar-refractivity contribution is 5.72. The van der Waals surface area contributed by atoms with Crippen molar-refractivity contribution in [3.8, 4) is 0 Å². The van der Waals surface area contributed by atoms with E-state index in [0.29, 0.717) is 13.0 Å². The predicted octanol–water partition coefficient (Wildman–Crippen LogP) is 7.43. The van der Waals surface area contributed by atoms with Gasteiger partial charge in [0.2, 0.25) is 0 Å². The van der Waals surface area contributed by atoms with Crippen LogP contribution in [-0.4, -0.2) is 12.6 Å². The molecule has 0 aliphatic rings. The minimum absolute atomic E-state index is 0.135. The van der Waals surface area contributed by atoms with E-state index in [4.69, 9.17) is 9.78 Å². The molecule has 1 rings (SSSR count). The molecule has 1 atom stereocenters. The molecule has 3 nitrogen and oxygen atoms in total. The average molecular weight is 391 g/mol. The van der Waals surface area contributed by atoms with E-state index in [1.807, 2.05) is 37.3 Å². The maximum Gasteiger partial charge on any atom is 0.345 e. The minimum atomic E-state index is -0.245. The van der Waals surface area contributed by atoms with Gasteiger partial charge in [-0.3, -0.25) is 4.89 Å². The quantitative estimate of drug-likeness (QED) is 0.148. The molecule has 0 radical (unpaired) electrons. The van der Waals surface area contributed by atoms with Crippen LogP contribution in [0.3, 0.4) is 0 Å². The number of rotatable bonds is 18. The van der Waals surface area contributed by atoms with Gasteiger partial charge in [0.15, 0.2) is 0 Å². The molecule has 0 spiro atoms. The second kappa shape index (κ2) is 17.7. The smallest absolute Gasteiger partial charge is 0.298 e. The second-order valence-corrected chi connectivity index (χ2v) is 7.91. The molecule has 0 aliphatic heterocycles. The molecule has 0 bridgehead atoms. The van der Waals surface area contributed by atoms with Crippen LogP contribution in [0, 0.1) is 5.92 Å². The van der Waals surface area contributed by atoms with Gasteiger partial charge in [-0.05, 0) is 24.8 Å². The fourth-order valence-corrected chi connectivity index (χ4v) is 3.46. The van der Waals surface area contributed by atoms with Gasteiger partial charge in [-0.25, -0.2) is 4.79 Å². The highest BCUT2D eigenvalue weighted by atomic mass is 17.2. The largest absolute Gasteiger partial charge is 0.345 e. The molecule has 0 saturated carbocycles. The molecule has 0 saturated heterocycles. The van der Waals surface area contributed by atoms with Crippen molar-refractivity contribution in [3.63, 3.8) is 0 Å². The summed E-state index contributed by atoms with van der Waals surface area (Å²) in [5.74, 6) is -0.380. The van der Waals surface area contributed by atoms with Crippen LogP contribution in [0.4, 0.5) is 0 Å². The molecule has 1 unspecified atom stereocenters. The van der Waals surface area contributed by atoms with E-state index in [-0.39, 0.29) is 11.9 Å². The Labute approximate surface area is 173 Å². The lowest BCUT2D eigenvalue weighted by atomic mass is 9.97. The van der Waals surface area contributed by atoms with Gasteiger partial charge in [0, 0.05) is 0 Å². The third kappa shape index (κ3) is 12.9. The highest BCUT2D eigenvalue weighted by Gasteiger charge is 2.19. The number of carbonyl (C=O) groups excluding carboxylic acids is 1. The highest BCUT2D eigenvalue weighted by Crippen LogP contribution is 2.15. The number of unbranched alkanes of at least 4 members (excludes halogenated alkanes) is 11. The van der Waals surface area contributed by atoms with E-state index in [1.54, 1.807) is 0 Å². The molecule has 0 fully saturated rings. The van der Waals surface area contributed by atoms with Gasteiger partial charge in [-0.15, -0.1) is 0 Å². The van der Waals surface area contributed by atoms with Gasteiger partial charge >= 0.3 is 5.97 Å². The van der Waals surface area contributed by atoms with Crippen molar-refractivity contribution in [1.82, 2.24) is 0 Å². The van der Waals surface area contributed by atoms with Crippen LogP contribution in [0.25, 0.3) is 0 Å². The molecule has 1 aromatic carbocycles. The molecular formula is C25H42O3. The normalized spacial score (nSPS) is 12.1. The van der Waals surface area contributed by atoms with Crippen LogP contribution in [-0.2, 0) is 21.0 Å². The third-order valence-corrected chi connectivity index (χ3v) is 5.37. The first-order valence-corrected chi connectivity index (χ1v) is 11.6. The average Bonchev–Trinajstić information content (AvgIpc) is 2.72. The van der Waals surface area contributed by atoms with Crippen molar-refractivity contribution < 1.29 is 14.6 Å². The zero-order valence-corrected chi connectivity index (χ0v) is 18.3. The molecule has 0 aliphatic carbocycles. The summed E-state index contributed by atoms with van der Waals surface area (Å²) in [6, 6.07) is 10.1. The summed E-state index contributed by atoms with van der Waals surface area (Å²) in [5.41, 5.74) is 1.16. The van der Waals surface area contributed by atoms with Crippen LogP contribution in [0.2, 0.25) is 0 Å². The van der Waals surface area contributed by atoms with Gasteiger partial charge in [0.25, 0.3) is 0 Å². The van der Waals surface area contributed by atoms with Crippen molar-refractivity contribution in [2.24, 2.45) is 5.92 Å². The number of hydrogen-bond acceptors (Lipinski definition) is 3. The van der Waals surface area contributed by atoms with E-state index in [0.717, 1.165) is 24.8 Å². The van der Waals surface area contributed by atoms with Crippen LogP contribution in [0.1, 0.15) is 103 Å². The van der Waals surface area contributed by atoms with Crippen molar-refractivity contribution in [2.45, 2.75) is 104 Å². The lowest BCUT2D eigenvalue weighted by molar-refractivity contribution is -0.276. The van der Waals surface area contributed by atoms with E-state index in [1.165, 1.54) is 64.2 Å². The Hall–Kier alpha value is -1.35. The summed E-state index contributed by atoms with van der Waals surface area (Å²) in [6.07, 6.45) is 17.2. The molecule has 0 aromatic heterocycles. The molecule has 0 amide bonds. The summed E-state index contributed by atoms with van der Waals surface area (Å²) >= 11 is 0. The second-order valence-electron chi connectivity index (χ2n) is 7.91. The Kier molecular flexibility index (Phi) is 15.6. The van der Waals surface area contributed by atoms with Gasteiger partial charge in [0.05, 0.1) is 12.5 Å². The SMILES string of the molecule is CCCCCCCCCCCCCCOOC(=O)C(CC)Cc1ccccc1. The Morgan fingerprint density at radius 2 is 1.32 bits per heavy atom. The first-order valence-electron chi connectivity index (χ1n) is 11.6. The molecule has 28 heavy (non-hydrogen) atoms.